The first kappa shape index (κ1) is 11.3. The number of nitrogens with zero attached hydrogens (tertiary/aromatic N) is 3. The fourth-order valence-electron chi connectivity index (χ4n) is 1.28. The first-order valence-electron chi connectivity index (χ1n) is 4.75. The molecule has 0 saturated heterocycles. The molecular weight excluding hydrogens is 192 g/mol. The Morgan fingerprint density at radius 1 is 1.60 bits per heavy atom. The topological polar surface area (TPSA) is 86.2 Å². The number of anilines is 2. The van der Waals surface area contributed by atoms with Gasteiger partial charge in [0.15, 0.2) is 5.69 Å². The first-order valence-corrected chi connectivity index (χ1v) is 4.75. The minimum Gasteiger partial charge on any atom is -0.396 e. The van der Waals surface area contributed by atoms with Crippen LogP contribution in [0.3, 0.4) is 0 Å². The molecule has 3 N–H and O–H groups in total. The Bertz CT molecular complexity index is 372. The third kappa shape index (κ3) is 2.58. The molecule has 0 amide bonds. The van der Waals surface area contributed by atoms with Gasteiger partial charge in [-0.15, -0.1) is 0 Å². The molecule has 0 fully saturated rings. The molecular formula is C10H14N4O. The number of likely N-dealkylation sites (N-methyl/N-ethyl adjacent to an activating group) is 1. The highest BCUT2D eigenvalue weighted by Crippen LogP contribution is 2.15. The van der Waals surface area contributed by atoms with Crippen LogP contribution in [0.15, 0.2) is 12.1 Å². The Labute approximate surface area is 88.8 Å². The molecule has 0 bridgehead atoms. The third-order valence-corrected chi connectivity index (χ3v) is 2.09. The van der Waals surface area contributed by atoms with Crippen molar-refractivity contribution in [2.24, 2.45) is 0 Å². The van der Waals surface area contributed by atoms with Crippen molar-refractivity contribution in [3.63, 3.8) is 0 Å². The van der Waals surface area contributed by atoms with E-state index in [1.165, 1.54) is 0 Å². The average molecular weight is 206 g/mol. The summed E-state index contributed by atoms with van der Waals surface area (Å²) in [6.45, 7) is 3.24. The van der Waals surface area contributed by atoms with Gasteiger partial charge in [-0.05, 0) is 19.1 Å². The van der Waals surface area contributed by atoms with E-state index in [0.717, 1.165) is 6.54 Å². The molecule has 1 aromatic rings. The summed E-state index contributed by atoms with van der Waals surface area (Å²) in [6.07, 6.45) is 0. The maximum Gasteiger partial charge on any atom is 0.165 e. The zero-order valence-corrected chi connectivity index (χ0v) is 8.64. The predicted octanol–water partition coefficient (Wildman–Crippen LogP) is 0.354. The van der Waals surface area contributed by atoms with Crippen LogP contribution in [0, 0.1) is 11.3 Å². The molecule has 5 nitrogen and oxygen atoms in total. The maximum atomic E-state index is 8.85. The Morgan fingerprint density at radius 2 is 2.33 bits per heavy atom. The summed E-state index contributed by atoms with van der Waals surface area (Å²) < 4.78 is 0. The standard InChI is InChI=1S/C10H14N4O/c1-2-14(5-6-15)10-4-3-8(12)9(7-11)13-10/h3-4,15H,2,5-6,12H2,1H3. The first-order chi connectivity index (χ1) is 7.22. The Hall–Kier alpha value is -1.80. The minimum atomic E-state index is 0.0573. The van der Waals surface area contributed by atoms with Crippen molar-refractivity contribution in [1.82, 2.24) is 4.98 Å². The number of hydrogen-bond donors (Lipinski definition) is 2. The van der Waals surface area contributed by atoms with Gasteiger partial charge >= 0.3 is 0 Å². The molecule has 0 aliphatic rings. The van der Waals surface area contributed by atoms with Gasteiger partial charge in [0.05, 0.1) is 12.3 Å². The van der Waals surface area contributed by atoms with Crippen molar-refractivity contribution in [3.05, 3.63) is 17.8 Å². The number of nitrogens with two attached hydrogens (primary N) is 1. The number of nitrogen functional groups attached to an aromatic ring is 1. The molecule has 0 spiro atoms. The predicted molar refractivity (Wildman–Crippen MR) is 58.3 cm³/mol. The zero-order chi connectivity index (χ0) is 11.3. The van der Waals surface area contributed by atoms with Crippen LogP contribution in [-0.4, -0.2) is 29.8 Å². The van der Waals surface area contributed by atoms with Crippen LogP contribution in [-0.2, 0) is 0 Å². The number of hydrogen-bond acceptors (Lipinski definition) is 5. The van der Waals surface area contributed by atoms with E-state index >= 15 is 0 Å². The van der Waals surface area contributed by atoms with E-state index in [1.807, 2.05) is 17.9 Å². The van der Waals surface area contributed by atoms with E-state index in [9.17, 15) is 0 Å². The van der Waals surface area contributed by atoms with Crippen LogP contribution in [0.25, 0.3) is 0 Å². The normalized spacial score (nSPS) is 9.67. The Balaban J connectivity index is 2.99. The van der Waals surface area contributed by atoms with Gasteiger partial charge in [0.2, 0.25) is 0 Å². The molecule has 0 aromatic carbocycles. The molecule has 5 heteroatoms. The van der Waals surface area contributed by atoms with Crippen LogP contribution in [0.1, 0.15) is 12.6 Å². The molecule has 0 unspecified atom stereocenters. The van der Waals surface area contributed by atoms with Gasteiger partial charge in [0, 0.05) is 13.1 Å². The minimum absolute atomic E-state index is 0.0573. The number of rotatable bonds is 4. The van der Waals surface area contributed by atoms with Crippen molar-refractivity contribution in [2.75, 3.05) is 30.3 Å². The summed E-state index contributed by atoms with van der Waals surface area (Å²) in [5, 5.41) is 17.6. The summed E-state index contributed by atoms with van der Waals surface area (Å²) in [4.78, 5) is 5.98. The molecule has 15 heavy (non-hydrogen) atoms. The third-order valence-electron chi connectivity index (χ3n) is 2.09. The van der Waals surface area contributed by atoms with Crippen molar-refractivity contribution in [1.29, 1.82) is 5.26 Å². The maximum absolute atomic E-state index is 8.85. The molecule has 0 atom stereocenters. The smallest absolute Gasteiger partial charge is 0.165 e. The molecule has 1 heterocycles. The van der Waals surface area contributed by atoms with E-state index < -0.39 is 0 Å². The molecule has 1 rings (SSSR count). The number of pyridine rings is 1. The lowest BCUT2D eigenvalue weighted by atomic mass is 10.3. The summed E-state index contributed by atoms with van der Waals surface area (Å²) in [7, 11) is 0. The molecule has 0 aliphatic carbocycles. The lowest BCUT2D eigenvalue weighted by Crippen LogP contribution is -2.27. The van der Waals surface area contributed by atoms with Crippen molar-refractivity contribution >= 4 is 11.5 Å². The molecule has 0 radical (unpaired) electrons. The van der Waals surface area contributed by atoms with Crippen molar-refractivity contribution in [2.45, 2.75) is 6.92 Å². The highest BCUT2D eigenvalue weighted by atomic mass is 16.3. The van der Waals surface area contributed by atoms with Gasteiger partial charge in [0.1, 0.15) is 11.9 Å². The van der Waals surface area contributed by atoms with E-state index in [2.05, 4.69) is 4.98 Å². The summed E-state index contributed by atoms with van der Waals surface area (Å²) in [5.41, 5.74) is 6.16. The number of aliphatic hydroxyl groups is 1. The largest absolute Gasteiger partial charge is 0.396 e. The van der Waals surface area contributed by atoms with E-state index in [-0.39, 0.29) is 12.3 Å². The monoisotopic (exact) mass is 206 g/mol. The average Bonchev–Trinajstić information content (AvgIpc) is 2.27. The second-order valence-electron chi connectivity index (χ2n) is 3.02. The van der Waals surface area contributed by atoms with Gasteiger partial charge in [-0.2, -0.15) is 5.26 Å². The fourth-order valence-corrected chi connectivity index (χ4v) is 1.28. The number of nitriles is 1. The van der Waals surface area contributed by atoms with Gasteiger partial charge in [-0.1, -0.05) is 0 Å². The van der Waals surface area contributed by atoms with Gasteiger partial charge in [0.25, 0.3) is 0 Å². The van der Waals surface area contributed by atoms with Crippen LogP contribution in [0.2, 0.25) is 0 Å². The van der Waals surface area contributed by atoms with Gasteiger partial charge < -0.3 is 15.7 Å². The SMILES string of the molecule is CCN(CCO)c1ccc(N)c(C#N)n1. The molecule has 80 valence electrons. The summed E-state index contributed by atoms with van der Waals surface area (Å²) >= 11 is 0. The summed E-state index contributed by atoms with van der Waals surface area (Å²) in [6, 6.07) is 5.33. The zero-order valence-electron chi connectivity index (χ0n) is 8.64. The quantitative estimate of drug-likeness (QED) is 0.742. The molecule has 1 aromatic heterocycles. The van der Waals surface area contributed by atoms with E-state index in [4.69, 9.17) is 16.1 Å². The molecule has 0 aliphatic heterocycles. The number of aliphatic hydroxyl groups excluding tert-OH is 1. The van der Waals surface area contributed by atoms with E-state index in [1.54, 1.807) is 12.1 Å². The fraction of sp³-hybridized carbons (Fsp3) is 0.400. The molecule has 0 saturated carbocycles. The van der Waals surface area contributed by atoms with Crippen molar-refractivity contribution < 1.29 is 5.11 Å². The summed E-state index contributed by atoms with van der Waals surface area (Å²) in [5.74, 6) is 0.664. The lowest BCUT2D eigenvalue weighted by molar-refractivity contribution is 0.302. The van der Waals surface area contributed by atoms with Gasteiger partial charge in [-0.3, -0.25) is 0 Å². The van der Waals surface area contributed by atoms with Crippen LogP contribution < -0.4 is 10.6 Å². The Morgan fingerprint density at radius 3 is 2.87 bits per heavy atom. The van der Waals surface area contributed by atoms with Crippen LogP contribution in [0.4, 0.5) is 11.5 Å². The highest BCUT2D eigenvalue weighted by molar-refractivity contribution is 5.55. The second kappa shape index (κ2) is 5.17. The highest BCUT2D eigenvalue weighted by Gasteiger charge is 2.07. The number of aromatic nitrogens is 1. The second-order valence-corrected chi connectivity index (χ2v) is 3.02. The van der Waals surface area contributed by atoms with Crippen LogP contribution in [0.5, 0.6) is 0 Å². The Kier molecular flexibility index (Phi) is 3.89. The van der Waals surface area contributed by atoms with E-state index in [0.29, 0.717) is 18.1 Å². The van der Waals surface area contributed by atoms with Crippen LogP contribution >= 0.6 is 0 Å². The lowest BCUT2D eigenvalue weighted by Gasteiger charge is -2.20. The van der Waals surface area contributed by atoms with Gasteiger partial charge in [-0.25, -0.2) is 4.98 Å². The van der Waals surface area contributed by atoms with Crippen molar-refractivity contribution in [3.8, 4) is 6.07 Å².